The standard InChI is InChI=1S/C27H35N3O/c1-17(2)25-23-14-21(20-9-11-30(12-10-20)15-19-5-6-19)7-8-24(23)28-26(25)22-13-18(3)27(31)29(4)16-22/h7-8,13-14,16-17,19-20,28H,5-6,9-12,15H2,1-4H3. The summed E-state index contributed by atoms with van der Waals surface area (Å²) in [6, 6.07) is 9.07. The Morgan fingerprint density at radius 3 is 2.48 bits per heavy atom. The summed E-state index contributed by atoms with van der Waals surface area (Å²) in [6.07, 6.45) is 7.39. The molecule has 31 heavy (non-hydrogen) atoms. The van der Waals surface area contributed by atoms with Crippen LogP contribution in [0.1, 0.15) is 68.1 Å². The Labute approximate surface area is 185 Å². The van der Waals surface area contributed by atoms with Crippen LogP contribution < -0.4 is 5.56 Å². The van der Waals surface area contributed by atoms with Crippen LogP contribution in [-0.2, 0) is 7.05 Å². The topological polar surface area (TPSA) is 41.0 Å². The van der Waals surface area contributed by atoms with Crippen LogP contribution in [0.4, 0.5) is 0 Å². The molecule has 3 heterocycles. The fourth-order valence-electron chi connectivity index (χ4n) is 5.44. The van der Waals surface area contributed by atoms with Crippen molar-refractivity contribution in [3.05, 3.63) is 57.5 Å². The number of nitrogens with one attached hydrogen (secondary N) is 1. The van der Waals surface area contributed by atoms with Gasteiger partial charge >= 0.3 is 0 Å². The molecule has 2 aliphatic rings. The molecule has 5 rings (SSSR count). The third-order valence-corrected chi connectivity index (χ3v) is 7.36. The van der Waals surface area contributed by atoms with E-state index < -0.39 is 0 Å². The number of pyridine rings is 1. The van der Waals surface area contributed by atoms with E-state index in [0.717, 1.165) is 22.7 Å². The van der Waals surface area contributed by atoms with E-state index in [-0.39, 0.29) is 5.56 Å². The van der Waals surface area contributed by atoms with E-state index in [2.05, 4.69) is 41.9 Å². The van der Waals surface area contributed by atoms with Crippen LogP contribution in [0.25, 0.3) is 22.2 Å². The van der Waals surface area contributed by atoms with Gasteiger partial charge in [0.05, 0.1) is 5.69 Å². The van der Waals surface area contributed by atoms with Crippen molar-refractivity contribution >= 4 is 10.9 Å². The van der Waals surface area contributed by atoms with E-state index in [9.17, 15) is 4.79 Å². The van der Waals surface area contributed by atoms with Crippen LogP contribution in [0.5, 0.6) is 0 Å². The lowest BCUT2D eigenvalue weighted by Gasteiger charge is -2.32. The van der Waals surface area contributed by atoms with Gasteiger partial charge in [-0.2, -0.15) is 0 Å². The van der Waals surface area contributed by atoms with Crippen molar-refractivity contribution in [3.63, 3.8) is 0 Å². The quantitative estimate of drug-likeness (QED) is 0.591. The van der Waals surface area contributed by atoms with Gasteiger partial charge < -0.3 is 14.5 Å². The highest BCUT2D eigenvalue weighted by Crippen LogP contribution is 2.38. The van der Waals surface area contributed by atoms with Crippen molar-refractivity contribution in [2.24, 2.45) is 13.0 Å². The minimum absolute atomic E-state index is 0.0706. The molecular formula is C27H35N3O. The molecule has 0 bridgehead atoms. The molecule has 0 unspecified atom stereocenters. The fourth-order valence-corrected chi connectivity index (χ4v) is 5.44. The highest BCUT2D eigenvalue weighted by atomic mass is 16.1. The molecule has 3 aromatic rings. The van der Waals surface area contributed by atoms with Crippen molar-refractivity contribution in [1.82, 2.24) is 14.5 Å². The molecule has 0 amide bonds. The third kappa shape index (κ3) is 3.98. The molecule has 1 aliphatic heterocycles. The summed E-state index contributed by atoms with van der Waals surface area (Å²) in [5, 5.41) is 1.34. The second-order valence-corrected chi connectivity index (χ2v) is 10.2. The number of aromatic amines is 1. The Balaban J connectivity index is 1.49. The lowest BCUT2D eigenvalue weighted by Crippen LogP contribution is -2.34. The van der Waals surface area contributed by atoms with Crippen molar-refractivity contribution in [1.29, 1.82) is 0 Å². The zero-order chi connectivity index (χ0) is 21.7. The average molecular weight is 418 g/mol. The number of nitrogens with zero attached hydrogens (tertiary/aromatic N) is 2. The Hall–Kier alpha value is -2.33. The molecule has 0 atom stereocenters. The molecule has 2 fully saturated rings. The van der Waals surface area contributed by atoms with Crippen molar-refractivity contribution < 1.29 is 0 Å². The molecule has 164 valence electrons. The SMILES string of the molecule is Cc1cc(-c2[nH]c3ccc(C4CCN(CC5CC5)CC4)cc3c2C(C)C)cn(C)c1=O. The zero-order valence-corrected chi connectivity index (χ0v) is 19.4. The van der Waals surface area contributed by atoms with E-state index in [1.807, 2.05) is 26.2 Å². The minimum atomic E-state index is 0.0706. The first-order valence-electron chi connectivity index (χ1n) is 12.0. The largest absolute Gasteiger partial charge is 0.354 e. The molecule has 2 aromatic heterocycles. The first-order valence-corrected chi connectivity index (χ1v) is 12.0. The smallest absolute Gasteiger partial charge is 0.253 e. The fraction of sp³-hybridized carbons (Fsp3) is 0.519. The minimum Gasteiger partial charge on any atom is -0.354 e. The summed E-state index contributed by atoms with van der Waals surface area (Å²) in [5.74, 6) is 2.05. The molecule has 1 saturated heterocycles. The van der Waals surface area contributed by atoms with Crippen molar-refractivity contribution in [3.8, 4) is 11.3 Å². The van der Waals surface area contributed by atoms with Crippen molar-refractivity contribution in [2.45, 2.75) is 58.3 Å². The van der Waals surface area contributed by atoms with Gasteiger partial charge in [0.25, 0.3) is 5.56 Å². The van der Waals surface area contributed by atoms with Gasteiger partial charge in [0.15, 0.2) is 0 Å². The summed E-state index contributed by atoms with van der Waals surface area (Å²) in [7, 11) is 1.84. The van der Waals surface area contributed by atoms with Crippen LogP contribution in [0.15, 0.2) is 35.3 Å². The first-order chi connectivity index (χ1) is 14.9. The van der Waals surface area contributed by atoms with Crippen LogP contribution in [0.3, 0.4) is 0 Å². The second-order valence-electron chi connectivity index (χ2n) is 10.2. The van der Waals surface area contributed by atoms with E-state index in [0.29, 0.717) is 11.8 Å². The van der Waals surface area contributed by atoms with Crippen LogP contribution in [0.2, 0.25) is 0 Å². The number of hydrogen-bond acceptors (Lipinski definition) is 2. The number of aryl methyl sites for hydroxylation is 2. The number of hydrogen-bond donors (Lipinski definition) is 1. The number of H-pyrrole nitrogens is 1. The number of fused-ring (bicyclic) bond motifs is 1. The van der Waals surface area contributed by atoms with Crippen LogP contribution in [-0.4, -0.2) is 34.1 Å². The number of benzene rings is 1. The zero-order valence-electron chi connectivity index (χ0n) is 19.4. The normalized spacial score (nSPS) is 18.4. The third-order valence-electron chi connectivity index (χ3n) is 7.36. The van der Waals surface area contributed by atoms with Gasteiger partial charge in [-0.25, -0.2) is 0 Å². The van der Waals surface area contributed by atoms with Crippen LogP contribution >= 0.6 is 0 Å². The molecule has 1 aromatic carbocycles. The molecule has 0 spiro atoms. The summed E-state index contributed by atoms with van der Waals surface area (Å²) in [5.41, 5.74) is 7.15. The molecule has 1 N–H and O–H groups in total. The maximum atomic E-state index is 12.2. The van der Waals surface area contributed by atoms with Gasteiger partial charge in [0.1, 0.15) is 0 Å². The maximum absolute atomic E-state index is 12.2. The summed E-state index contributed by atoms with van der Waals surface area (Å²) in [4.78, 5) is 18.6. The lowest BCUT2D eigenvalue weighted by molar-refractivity contribution is 0.205. The van der Waals surface area contributed by atoms with E-state index in [1.165, 1.54) is 67.3 Å². The van der Waals surface area contributed by atoms with Crippen molar-refractivity contribution in [2.75, 3.05) is 19.6 Å². The van der Waals surface area contributed by atoms with Crippen LogP contribution in [0, 0.1) is 12.8 Å². The van der Waals surface area contributed by atoms with Gasteiger partial charge in [-0.1, -0.05) is 19.9 Å². The highest BCUT2D eigenvalue weighted by Gasteiger charge is 2.28. The average Bonchev–Trinajstić information content (AvgIpc) is 3.48. The number of likely N-dealkylation sites (tertiary alicyclic amines) is 1. The number of aromatic nitrogens is 2. The Bertz CT molecular complexity index is 1130. The predicted octanol–water partition coefficient (Wildman–Crippen LogP) is 5.55. The molecule has 4 nitrogen and oxygen atoms in total. The summed E-state index contributed by atoms with van der Waals surface area (Å²) in [6.45, 7) is 10.2. The monoisotopic (exact) mass is 417 g/mol. The molecule has 0 radical (unpaired) electrons. The van der Waals surface area contributed by atoms with Gasteiger partial charge in [0.2, 0.25) is 0 Å². The van der Waals surface area contributed by atoms with Gasteiger partial charge in [0, 0.05) is 41.8 Å². The molecule has 1 aliphatic carbocycles. The summed E-state index contributed by atoms with van der Waals surface area (Å²) >= 11 is 0. The molecule has 1 saturated carbocycles. The molecular weight excluding hydrogens is 382 g/mol. The molecule has 4 heteroatoms. The predicted molar refractivity (Wildman–Crippen MR) is 129 cm³/mol. The first kappa shape index (κ1) is 20.6. The van der Waals surface area contributed by atoms with E-state index in [1.54, 1.807) is 4.57 Å². The van der Waals surface area contributed by atoms with E-state index >= 15 is 0 Å². The van der Waals surface area contributed by atoms with Gasteiger partial charge in [-0.05, 0) is 92.8 Å². The summed E-state index contributed by atoms with van der Waals surface area (Å²) < 4.78 is 1.70. The Kier molecular flexibility index (Phi) is 5.29. The Morgan fingerprint density at radius 2 is 1.84 bits per heavy atom. The van der Waals surface area contributed by atoms with E-state index in [4.69, 9.17) is 0 Å². The second kappa shape index (κ2) is 7.98. The number of rotatable bonds is 5. The number of piperidine rings is 1. The Morgan fingerprint density at radius 1 is 1.10 bits per heavy atom. The highest BCUT2D eigenvalue weighted by molar-refractivity contribution is 5.92. The van der Waals surface area contributed by atoms with Gasteiger partial charge in [-0.3, -0.25) is 4.79 Å². The lowest BCUT2D eigenvalue weighted by atomic mass is 9.87. The van der Waals surface area contributed by atoms with Gasteiger partial charge in [-0.15, -0.1) is 0 Å². The maximum Gasteiger partial charge on any atom is 0.253 e.